The van der Waals surface area contributed by atoms with Crippen molar-refractivity contribution in [3.63, 3.8) is 0 Å². The van der Waals surface area contributed by atoms with Gasteiger partial charge in [-0.25, -0.2) is 9.97 Å². The van der Waals surface area contributed by atoms with Crippen molar-refractivity contribution < 1.29 is 0 Å². The maximum absolute atomic E-state index is 5.76. The van der Waals surface area contributed by atoms with Gasteiger partial charge in [0.15, 0.2) is 0 Å². The van der Waals surface area contributed by atoms with Gasteiger partial charge >= 0.3 is 0 Å². The first kappa shape index (κ1) is 8.97. The molecule has 3 nitrogen and oxygen atoms in total. The molecule has 0 atom stereocenters. The van der Waals surface area contributed by atoms with Gasteiger partial charge in [0.1, 0.15) is 11.6 Å². The normalized spacial score (nSPS) is 10.2. The van der Waals surface area contributed by atoms with Crippen molar-refractivity contribution in [2.24, 2.45) is 0 Å². The molecule has 0 radical (unpaired) electrons. The molecule has 0 aromatic carbocycles. The Morgan fingerprint density at radius 3 is 2.25 bits per heavy atom. The van der Waals surface area contributed by atoms with Crippen LogP contribution in [0.4, 0.5) is 5.82 Å². The van der Waals surface area contributed by atoms with Crippen LogP contribution >= 0.6 is 0 Å². The summed E-state index contributed by atoms with van der Waals surface area (Å²) in [5, 5.41) is 0. The highest BCUT2D eigenvalue weighted by Crippen LogP contribution is 2.13. The quantitative estimate of drug-likeness (QED) is 0.722. The topological polar surface area (TPSA) is 51.8 Å². The van der Waals surface area contributed by atoms with Gasteiger partial charge in [0.05, 0.1) is 0 Å². The standard InChI is InChI=1S/C9H15N3/c1-4-7-6(3)11-8(5-2)12-9(7)10/h4-5H2,1-3H3,(H2,10,11,12). The van der Waals surface area contributed by atoms with Gasteiger partial charge in [0.2, 0.25) is 0 Å². The van der Waals surface area contributed by atoms with Crippen molar-refractivity contribution in [1.82, 2.24) is 9.97 Å². The summed E-state index contributed by atoms with van der Waals surface area (Å²) < 4.78 is 0. The van der Waals surface area contributed by atoms with Crippen molar-refractivity contribution in [3.8, 4) is 0 Å². The third kappa shape index (κ3) is 1.55. The Bertz CT molecular complexity index is 258. The summed E-state index contributed by atoms with van der Waals surface area (Å²) in [5.74, 6) is 1.48. The second-order valence-corrected chi connectivity index (χ2v) is 2.80. The van der Waals surface area contributed by atoms with Gasteiger partial charge in [-0.05, 0) is 13.3 Å². The van der Waals surface area contributed by atoms with Gasteiger partial charge in [-0.3, -0.25) is 0 Å². The van der Waals surface area contributed by atoms with Crippen molar-refractivity contribution in [2.75, 3.05) is 5.73 Å². The molecule has 0 bridgehead atoms. The summed E-state index contributed by atoms with van der Waals surface area (Å²) in [6.07, 6.45) is 1.75. The Balaban J connectivity index is 3.18. The smallest absolute Gasteiger partial charge is 0.130 e. The van der Waals surface area contributed by atoms with Gasteiger partial charge in [0.25, 0.3) is 0 Å². The Kier molecular flexibility index (Phi) is 2.63. The van der Waals surface area contributed by atoms with Crippen LogP contribution < -0.4 is 5.73 Å². The Morgan fingerprint density at radius 1 is 1.17 bits per heavy atom. The molecule has 1 aromatic heterocycles. The molecule has 12 heavy (non-hydrogen) atoms. The number of nitrogens with two attached hydrogens (primary N) is 1. The van der Waals surface area contributed by atoms with Crippen LogP contribution in [0, 0.1) is 6.92 Å². The molecular weight excluding hydrogens is 150 g/mol. The molecule has 0 unspecified atom stereocenters. The average Bonchev–Trinajstić information content (AvgIpc) is 2.03. The van der Waals surface area contributed by atoms with E-state index in [2.05, 4.69) is 16.9 Å². The van der Waals surface area contributed by atoms with E-state index in [9.17, 15) is 0 Å². The molecule has 3 heteroatoms. The van der Waals surface area contributed by atoms with Gasteiger partial charge in [0, 0.05) is 17.7 Å². The van der Waals surface area contributed by atoms with Crippen molar-refractivity contribution in [3.05, 3.63) is 17.1 Å². The van der Waals surface area contributed by atoms with E-state index in [1.165, 1.54) is 0 Å². The zero-order chi connectivity index (χ0) is 9.14. The first-order chi connectivity index (χ1) is 5.69. The van der Waals surface area contributed by atoms with E-state index in [1.54, 1.807) is 0 Å². The Hall–Kier alpha value is -1.12. The SMILES string of the molecule is CCc1nc(C)c(CC)c(N)n1. The van der Waals surface area contributed by atoms with E-state index in [0.717, 1.165) is 29.9 Å². The van der Waals surface area contributed by atoms with Crippen LogP contribution in [0.3, 0.4) is 0 Å². The fourth-order valence-corrected chi connectivity index (χ4v) is 1.27. The summed E-state index contributed by atoms with van der Waals surface area (Å²) in [4.78, 5) is 8.52. The number of hydrogen-bond acceptors (Lipinski definition) is 3. The molecular formula is C9H15N3. The lowest BCUT2D eigenvalue weighted by atomic mass is 10.1. The lowest BCUT2D eigenvalue weighted by molar-refractivity contribution is 0.894. The van der Waals surface area contributed by atoms with Gasteiger partial charge < -0.3 is 5.73 Å². The maximum atomic E-state index is 5.76. The Labute approximate surface area is 73.0 Å². The molecule has 0 saturated heterocycles. The number of anilines is 1. The molecule has 0 aliphatic heterocycles. The van der Waals surface area contributed by atoms with E-state index < -0.39 is 0 Å². The van der Waals surface area contributed by atoms with Gasteiger partial charge in [-0.15, -0.1) is 0 Å². The average molecular weight is 165 g/mol. The maximum Gasteiger partial charge on any atom is 0.130 e. The summed E-state index contributed by atoms with van der Waals surface area (Å²) >= 11 is 0. The van der Waals surface area contributed by atoms with Gasteiger partial charge in [-0.2, -0.15) is 0 Å². The first-order valence-electron chi connectivity index (χ1n) is 4.30. The molecule has 1 rings (SSSR count). The van der Waals surface area contributed by atoms with Crippen LogP contribution in [0.15, 0.2) is 0 Å². The van der Waals surface area contributed by atoms with Crippen LogP contribution in [-0.2, 0) is 12.8 Å². The van der Waals surface area contributed by atoms with Crippen LogP contribution in [0.2, 0.25) is 0 Å². The Morgan fingerprint density at radius 2 is 1.83 bits per heavy atom. The molecule has 0 saturated carbocycles. The summed E-state index contributed by atoms with van der Waals surface area (Å²) in [6.45, 7) is 6.07. The monoisotopic (exact) mass is 165 g/mol. The second-order valence-electron chi connectivity index (χ2n) is 2.80. The lowest BCUT2D eigenvalue weighted by Crippen LogP contribution is -2.05. The third-order valence-corrected chi connectivity index (χ3v) is 1.96. The number of aryl methyl sites for hydroxylation is 2. The third-order valence-electron chi connectivity index (χ3n) is 1.96. The minimum absolute atomic E-state index is 0.641. The van der Waals surface area contributed by atoms with Crippen LogP contribution in [0.1, 0.15) is 30.9 Å². The van der Waals surface area contributed by atoms with E-state index in [4.69, 9.17) is 5.73 Å². The molecule has 2 N–H and O–H groups in total. The highest BCUT2D eigenvalue weighted by atomic mass is 14.9. The summed E-state index contributed by atoms with van der Waals surface area (Å²) in [5.41, 5.74) is 7.85. The minimum atomic E-state index is 0.641. The lowest BCUT2D eigenvalue weighted by Gasteiger charge is -2.06. The second kappa shape index (κ2) is 3.52. The predicted molar refractivity (Wildman–Crippen MR) is 49.9 cm³/mol. The molecule has 0 aliphatic carbocycles. The molecule has 1 heterocycles. The summed E-state index contributed by atoms with van der Waals surface area (Å²) in [7, 11) is 0. The fourth-order valence-electron chi connectivity index (χ4n) is 1.27. The number of rotatable bonds is 2. The number of aromatic nitrogens is 2. The zero-order valence-electron chi connectivity index (χ0n) is 7.89. The van der Waals surface area contributed by atoms with E-state index in [0.29, 0.717) is 5.82 Å². The number of hydrogen-bond donors (Lipinski definition) is 1. The molecule has 0 aliphatic rings. The molecule has 0 fully saturated rings. The predicted octanol–water partition coefficient (Wildman–Crippen LogP) is 1.49. The highest BCUT2D eigenvalue weighted by molar-refractivity contribution is 5.41. The molecule has 66 valence electrons. The largest absolute Gasteiger partial charge is 0.383 e. The minimum Gasteiger partial charge on any atom is -0.383 e. The van der Waals surface area contributed by atoms with Crippen molar-refractivity contribution >= 4 is 5.82 Å². The zero-order valence-corrected chi connectivity index (χ0v) is 7.89. The van der Waals surface area contributed by atoms with Crippen molar-refractivity contribution in [1.29, 1.82) is 0 Å². The highest BCUT2D eigenvalue weighted by Gasteiger charge is 2.05. The van der Waals surface area contributed by atoms with Crippen molar-refractivity contribution in [2.45, 2.75) is 33.6 Å². The number of nitrogens with zero attached hydrogens (tertiary/aromatic N) is 2. The first-order valence-corrected chi connectivity index (χ1v) is 4.30. The van der Waals surface area contributed by atoms with Gasteiger partial charge in [-0.1, -0.05) is 13.8 Å². The van der Waals surface area contributed by atoms with Crippen LogP contribution in [0.25, 0.3) is 0 Å². The van der Waals surface area contributed by atoms with E-state index >= 15 is 0 Å². The van der Waals surface area contributed by atoms with Crippen LogP contribution in [0.5, 0.6) is 0 Å². The summed E-state index contributed by atoms with van der Waals surface area (Å²) in [6, 6.07) is 0. The number of nitrogen functional groups attached to an aromatic ring is 1. The fraction of sp³-hybridized carbons (Fsp3) is 0.556. The van der Waals surface area contributed by atoms with Crippen LogP contribution in [-0.4, -0.2) is 9.97 Å². The molecule has 1 aromatic rings. The van der Waals surface area contributed by atoms with E-state index in [1.807, 2.05) is 13.8 Å². The molecule has 0 spiro atoms. The molecule has 0 amide bonds. The van der Waals surface area contributed by atoms with E-state index in [-0.39, 0.29) is 0 Å².